The summed E-state index contributed by atoms with van der Waals surface area (Å²) in [6.45, 7) is 4.60. The summed E-state index contributed by atoms with van der Waals surface area (Å²) in [5.74, 6) is -0.701. The molecule has 5 nitrogen and oxygen atoms in total. The van der Waals surface area contributed by atoms with Gasteiger partial charge in [0.05, 0.1) is 8.07 Å². The number of anilines is 1. The van der Waals surface area contributed by atoms with Crippen LogP contribution in [0.4, 0.5) is 14.9 Å². The number of alkyl carbamates (subject to hydrolysis) is 1. The van der Waals surface area contributed by atoms with Crippen molar-refractivity contribution >= 4 is 25.8 Å². The number of benzene rings is 3. The smallest absolute Gasteiger partial charge is 0.408 e. The van der Waals surface area contributed by atoms with Crippen LogP contribution in [-0.2, 0) is 15.1 Å². The van der Waals surface area contributed by atoms with Crippen molar-refractivity contribution in [1.29, 1.82) is 0 Å². The summed E-state index contributed by atoms with van der Waals surface area (Å²) in [6.07, 6.45) is -0.835. The van der Waals surface area contributed by atoms with Gasteiger partial charge in [0.1, 0.15) is 11.9 Å². The molecule has 2 amide bonds. The van der Waals surface area contributed by atoms with Crippen LogP contribution in [0.15, 0.2) is 78.9 Å². The second-order valence-electron chi connectivity index (χ2n) is 10.2. The summed E-state index contributed by atoms with van der Waals surface area (Å²) in [6, 6.07) is 25.8. The van der Waals surface area contributed by atoms with Crippen LogP contribution in [-0.4, -0.2) is 33.2 Å². The van der Waals surface area contributed by atoms with Crippen LogP contribution >= 0.6 is 0 Å². The molecule has 1 N–H and O–H groups in total. The van der Waals surface area contributed by atoms with Crippen molar-refractivity contribution in [2.45, 2.75) is 42.7 Å². The molecule has 1 fully saturated rings. The molecule has 3 aromatic rings. The number of hydrogen-bond acceptors (Lipinski definition) is 3. The molecule has 0 unspecified atom stereocenters. The summed E-state index contributed by atoms with van der Waals surface area (Å²) < 4.78 is 20.0. The number of ether oxygens (including phenoxy) is 1. The molecule has 3 aromatic carbocycles. The maximum absolute atomic E-state index is 14.2. The lowest BCUT2D eigenvalue weighted by atomic mass is 9.85. The number of amides is 2. The number of cyclic esters (lactones) is 1. The van der Waals surface area contributed by atoms with Gasteiger partial charge in [0.15, 0.2) is 5.54 Å². The molecule has 2 atom stereocenters. The van der Waals surface area contributed by atoms with Gasteiger partial charge in [0.25, 0.3) is 5.91 Å². The number of nitrogens with zero attached hydrogens (tertiary/aromatic N) is 1. The third-order valence-electron chi connectivity index (χ3n) is 7.37. The lowest BCUT2D eigenvalue weighted by Gasteiger charge is -2.41. The molecule has 0 saturated carbocycles. The summed E-state index contributed by atoms with van der Waals surface area (Å²) in [5.41, 5.74) is 2.44. The van der Waals surface area contributed by atoms with E-state index >= 15 is 0 Å². The molecule has 7 heteroatoms. The minimum absolute atomic E-state index is 0.182. The summed E-state index contributed by atoms with van der Waals surface area (Å²) in [5, 5.41) is 2.76. The highest BCUT2D eigenvalue weighted by Crippen LogP contribution is 2.46. The topological polar surface area (TPSA) is 58.6 Å². The molecular weight excluding hydrogens is 459 g/mol. The minimum Gasteiger partial charge on any atom is -0.446 e. The predicted molar refractivity (Wildman–Crippen MR) is 137 cm³/mol. The van der Waals surface area contributed by atoms with Gasteiger partial charge in [0.2, 0.25) is 0 Å². The second-order valence-corrected chi connectivity index (χ2v) is 15.2. The fourth-order valence-corrected chi connectivity index (χ4v) is 9.79. The Bertz CT molecular complexity index is 1230. The number of hydrogen-bond donors (Lipinski definition) is 1. The van der Waals surface area contributed by atoms with Gasteiger partial charge in [-0.15, -0.1) is 0 Å². The van der Waals surface area contributed by atoms with E-state index in [0.717, 1.165) is 0 Å². The molecule has 180 valence electrons. The van der Waals surface area contributed by atoms with E-state index in [0.29, 0.717) is 17.3 Å². The average molecular weight is 489 g/mol. The quantitative estimate of drug-likeness (QED) is 0.477. The number of likely N-dealkylation sites (N-methyl/N-ethyl adjacent to an activating group) is 1. The third kappa shape index (κ3) is 4.03. The second kappa shape index (κ2) is 8.64. The molecule has 1 saturated heterocycles. The monoisotopic (exact) mass is 488 g/mol. The third-order valence-corrected chi connectivity index (χ3v) is 11.1. The fraction of sp³-hybridized carbons (Fsp3) is 0.286. The van der Waals surface area contributed by atoms with Crippen LogP contribution in [0, 0.1) is 5.82 Å². The molecule has 0 aliphatic carbocycles. The van der Waals surface area contributed by atoms with Crippen LogP contribution < -0.4 is 10.2 Å². The molecule has 2 aliphatic heterocycles. The summed E-state index contributed by atoms with van der Waals surface area (Å²) in [4.78, 5) is 27.7. The maximum Gasteiger partial charge on any atom is 0.408 e. The zero-order chi connectivity index (χ0) is 24.8. The van der Waals surface area contributed by atoms with E-state index in [4.69, 9.17) is 4.74 Å². The first-order valence-electron chi connectivity index (χ1n) is 11.9. The van der Waals surface area contributed by atoms with Crippen LogP contribution in [0.25, 0.3) is 0 Å². The molecule has 0 bridgehead atoms. The van der Waals surface area contributed by atoms with Gasteiger partial charge in [-0.1, -0.05) is 73.8 Å². The number of carbonyl (C=O) groups is 2. The van der Waals surface area contributed by atoms with Crippen molar-refractivity contribution in [3.8, 4) is 0 Å². The van der Waals surface area contributed by atoms with E-state index in [1.165, 1.54) is 28.2 Å². The summed E-state index contributed by atoms with van der Waals surface area (Å²) >= 11 is 0. The lowest BCUT2D eigenvalue weighted by Crippen LogP contribution is -2.59. The van der Waals surface area contributed by atoms with E-state index in [9.17, 15) is 14.0 Å². The zero-order valence-electron chi connectivity index (χ0n) is 20.1. The normalized spacial score (nSPS) is 21.7. The van der Waals surface area contributed by atoms with Crippen molar-refractivity contribution < 1.29 is 18.7 Å². The first-order valence-corrected chi connectivity index (χ1v) is 15.2. The Morgan fingerprint density at radius 1 is 1.03 bits per heavy atom. The molecular formula is C28H29FN2O3Si. The van der Waals surface area contributed by atoms with E-state index in [1.54, 1.807) is 13.1 Å². The van der Waals surface area contributed by atoms with E-state index in [2.05, 4.69) is 42.7 Å². The molecule has 2 aliphatic rings. The molecule has 5 rings (SSSR count). The molecule has 1 spiro atoms. The average Bonchev–Trinajstić information content (AvgIpc) is 3.01. The van der Waals surface area contributed by atoms with Crippen molar-refractivity contribution in [3.05, 3.63) is 101 Å². The van der Waals surface area contributed by atoms with Crippen LogP contribution in [0.3, 0.4) is 0 Å². The van der Waals surface area contributed by atoms with Crippen LogP contribution in [0.1, 0.15) is 28.7 Å². The molecule has 0 aromatic heterocycles. The highest BCUT2D eigenvalue weighted by molar-refractivity contribution is 6.79. The van der Waals surface area contributed by atoms with Crippen LogP contribution in [0.2, 0.25) is 19.1 Å². The van der Waals surface area contributed by atoms with Crippen LogP contribution in [0.5, 0.6) is 0 Å². The van der Waals surface area contributed by atoms with Gasteiger partial charge in [-0.25, -0.2) is 9.18 Å². The van der Waals surface area contributed by atoms with Crippen molar-refractivity contribution in [2.24, 2.45) is 0 Å². The van der Waals surface area contributed by atoms with Crippen molar-refractivity contribution in [3.63, 3.8) is 0 Å². The molecule has 35 heavy (non-hydrogen) atoms. The summed E-state index contributed by atoms with van der Waals surface area (Å²) in [7, 11) is -0.488. The minimum atomic E-state index is -2.14. The van der Waals surface area contributed by atoms with Gasteiger partial charge < -0.3 is 15.0 Å². The first kappa shape index (κ1) is 23.3. The predicted octanol–water partition coefficient (Wildman–Crippen LogP) is 5.58. The Labute approximate surface area is 205 Å². The van der Waals surface area contributed by atoms with Gasteiger partial charge in [-0.2, -0.15) is 0 Å². The first-order chi connectivity index (χ1) is 16.7. The molecule has 2 heterocycles. The van der Waals surface area contributed by atoms with Gasteiger partial charge in [-0.05, 0) is 35.4 Å². The van der Waals surface area contributed by atoms with Crippen molar-refractivity contribution in [2.75, 3.05) is 11.9 Å². The highest BCUT2D eigenvalue weighted by Gasteiger charge is 2.56. The number of fused-ring (bicyclic) bond motifs is 2. The maximum atomic E-state index is 14.2. The Balaban J connectivity index is 1.51. The van der Waals surface area contributed by atoms with E-state index in [1.807, 2.05) is 36.4 Å². The highest BCUT2D eigenvalue weighted by atomic mass is 28.3. The Kier molecular flexibility index (Phi) is 5.75. The standard InChI is InChI=1S/C28H29FN2O3Si/c1-31-24-15-14-21(29)16-23(24)28(26(31)32)17-22(34-27(33)30-28)18-35(2,3)25(19-10-6-4-7-11-19)20-12-8-5-9-13-20/h4-16,22,25H,17-18H2,1-3H3,(H,30,33)/t22-,28+/m0/s1. The van der Waals surface area contributed by atoms with Gasteiger partial charge >= 0.3 is 6.09 Å². The number of nitrogens with one attached hydrogen (secondary N) is 1. The number of rotatable bonds is 5. The van der Waals surface area contributed by atoms with Gasteiger partial charge in [-0.3, -0.25) is 4.79 Å². The fourth-order valence-electron chi connectivity index (χ4n) is 5.97. The largest absolute Gasteiger partial charge is 0.446 e. The van der Waals surface area contributed by atoms with E-state index in [-0.39, 0.29) is 17.9 Å². The number of carbonyl (C=O) groups excluding carboxylic acids is 2. The van der Waals surface area contributed by atoms with E-state index < -0.39 is 31.6 Å². The van der Waals surface area contributed by atoms with Gasteiger partial charge in [0, 0.05) is 30.3 Å². The molecule has 0 radical (unpaired) electrons. The van der Waals surface area contributed by atoms with Crippen molar-refractivity contribution in [1.82, 2.24) is 5.32 Å². The lowest BCUT2D eigenvalue weighted by molar-refractivity contribution is -0.126. The Morgan fingerprint density at radius 2 is 1.63 bits per heavy atom. The SMILES string of the molecule is CN1C(=O)[C@@]2(C[C@@H](C[Si](C)(C)C(c3ccccc3)c3ccccc3)OC(=O)N2)c2cc(F)ccc21. The Morgan fingerprint density at radius 3 is 2.23 bits per heavy atom. The Hall–Kier alpha value is -3.45. The zero-order valence-corrected chi connectivity index (χ0v) is 21.1. The number of halogens is 1.